The van der Waals surface area contributed by atoms with E-state index in [1.54, 1.807) is 19.1 Å². The van der Waals surface area contributed by atoms with Crippen molar-refractivity contribution in [3.05, 3.63) is 73.1 Å². The number of ether oxygens (including phenoxy) is 2. The largest absolute Gasteiger partial charge is 0.507 e. The number of hydrogen-bond donors (Lipinski definition) is 2. The normalized spacial score (nSPS) is 11.7. The molecule has 2 N–H and O–H groups in total. The smallest absolute Gasteiger partial charge is 0.339 e. The topological polar surface area (TPSA) is 163 Å². The number of phenolic OH excluding ortho intramolecular Hbond substituents is 1. The molecule has 0 amide bonds. The number of carbonyl (C=O) groups excluding carboxylic acids is 1. The molecule has 0 aliphatic rings. The molecular weight excluding hydrogens is 614 g/mol. The molecule has 0 spiro atoms. The highest BCUT2D eigenvalue weighted by atomic mass is 79.9. The lowest BCUT2D eigenvalue weighted by Gasteiger charge is -2.17. The number of non-ortho nitro benzene ring substituents is 1. The van der Waals surface area contributed by atoms with Gasteiger partial charge in [0.05, 0.1) is 34.9 Å². The van der Waals surface area contributed by atoms with Crippen molar-refractivity contribution in [3.8, 4) is 22.8 Å². The number of halogens is 1. The van der Waals surface area contributed by atoms with Crippen LogP contribution >= 0.6 is 39.0 Å². The number of methoxy groups -OCH3 is 2. The number of nitro groups is 1. The number of aromatic hydroxyl groups is 1. The Morgan fingerprint density at radius 3 is 2.67 bits per heavy atom. The maximum atomic E-state index is 12.5. The van der Waals surface area contributed by atoms with E-state index in [0.717, 1.165) is 5.56 Å². The second-order valence-electron chi connectivity index (χ2n) is 7.99. The van der Waals surface area contributed by atoms with Crippen LogP contribution in [0.4, 0.5) is 10.8 Å². The van der Waals surface area contributed by atoms with Gasteiger partial charge >= 0.3 is 5.97 Å². The van der Waals surface area contributed by atoms with Crippen LogP contribution in [0.15, 0.2) is 44.7 Å². The van der Waals surface area contributed by atoms with Crippen molar-refractivity contribution < 1.29 is 28.8 Å². The fourth-order valence-electron chi connectivity index (χ4n) is 3.55. The zero-order valence-corrected chi connectivity index (χ0v) is 24.1. The first kappa shape index (κ1) is 28.3. The van der Waals surface area contributed by atoms with Crippen LogP contribution < -0.4 is 10.1 Å². The lowest BCUT2D eigenvalue weighted by Crippen LogP contribution is -2.14. The monoisotopic (exact) mass is 635 g/mol. The summed E-state index contributed by atoms with van der Waals surface area (Å²) < 4.78 is 16.0. The third-order valence-corrected chi connectivity index (χ3v) is 8.09. The SMILES string of the molecule is COC(=O)c1c(Br)c(OC)cc(O)c1CSC[C@H](Nc1nc(-c2ccc([N+](=O)[O-])cc2)cs1)c1nc(C)no1. The third kappa shape index (κ3) is 6.49. The molecule has 0 saturated heterocycles. The molecule has 2 aromatic carbocycles. The molecule has 2 aromatic heterocycles. The number of nitro benzene ring substituents is 1. The van der Waals surface area contributed by atoms with Crippen LogP contribution in [-0.4, -0.2) is 51.1 Å². The molecule has 0 aliphatic heterocycles. The number of aromatic nitrogens is 3. The van der Waals surface area contributed by atoms with Gasteiger partial charge in [0, 0.05) is 46.2 Å². The molecular formula is C24H22BrN5O7S2. The molecule has 204 valence electrons. The van der Waals surface area contributed by atoms with Gasteiger partial charge in [0.2, 0.25) is 5.89 Å². The predicted molar refractivity (Wildman–Crippen MR) is 149 cm³/mol. The number of thiazole rings is 1. The Morgan fingerprint density at radius 1 is 1.31 bits per heavy atom. The molecule has 0 radical (unpaired) electrons. The molecule has 4 aromatic rings. The Morgan fingerprint density at radius 2 is 2.05 bits per heavy atom. The molecule has 1 atom stereocenters. The standard InChI is InChI=1S/C24H22BrN5O7S2/c1-12-26-22(37-29-12)17(28-24-27-16(11-39-24)13-4-6-14(7-5-13)30(33)34)10-38-9-15-18(31)8-19(35-2)21(25)20(15)23(32)36-3/h4-8,11,17,31H,9-10H2,1-3H3,(H,27,28)/t17-/m0/s1. The maximum Gasteiger partial charge on any atom is 0.339 e. The minimum Gasteiger partial charge on any atom is -0.507 e. The van der Waals surface area contributed by atoms with Crippen LogP contribution in [0.1, 0.15) is 33.7 Å². The first-order valence-electron chi connectivity index (χ1n) is 11.2. The summed E-state index contributed by atoms with van der Waals surface area (Å²) in [5.41, 5.74) is 1.95. The van der Waals surface area contributed by atoms with Gasteiger partial charge in [-0.3, -0.25) is 10.1 Å². The number of esters is 1. The summed E-state index contributed by atoms with van der Waals surface area (Å²) in [6, 6.07) is 7.13. The Bertz CT molecular complexity index is 1490. The van der Waals surface area contributed by atoms with Gasteiger partial charge in [-0.05, 0) is 35.0 Å². The van der Waals surface area contributed by atoms with Crippen molar-refractivity contribution in [1.29, 1.82) is 0 Å². The van der Waals surface area contributed by atoms with Crippen LogP contribution in [0.5, 0.6) is 11.5 Å². The van der Waals surface area contributed by atoms with E-state index in [1.165, 1.54) is 55.5 Å². The summed E-state index contributed by atoms with van der Waals surface area (Å²) in [4.78, 5) is 31.9. The fourth-order valence-corrected chi connectivity index (χ4v) is 6.08. The van der Waals surface area contributed by atoms with E-state index in [9.17, 15) is 20.0 Å². The van der Waals surface area contributed by atoms with Crippen LogP contribution in [0.3, 0.4) is 0 Å². The van der Waals surface area contributed by atoms with Gasteiger partial charge in [-0.2, -0.15) is 16.7 Å². The average Bonchev–Trinajstić information content (AvgIpc) is 3.58. The summed E-state index contributed by atoms with van der Waals surface area (Å²) in [5, 5.41) is 31.2. The number of aryl methyl sites for hydroxylation is 1. The summed E-state index contributed by atoms with van der Waals surface area (Å²) in [6.45, 7) is 1.71. The first-order valence-corrected chi connectivity index (χ1v) is 14.1. The minimum atomic E-state index is -0.615. The van der Waals surface area contributed by atoms with Gasteiger partial charge in [0.15, 0.2) is 11.0 Å². The molecule has 0 fully saturated rings. The van der Waals surface area contributed by atoms with Crippen molar-refractivity contribution in [1.82, 2.24) is 15.1 Å². The minimum absolute atomic E-state index is 0.00136. The number of benzene rings is 2. The molecule has 0 aliphatic carbocycles. The van der Waals surface area contributed by atoms with E-state index < -0.39 is 16.9 Å². The highest BCUT2D eigenvalue weighted by Crippen LogP contribution is 2.40. The van der Waals surface area contributed by atoms with E-state index in [-0.39, 0.29) is 22.8 Å². The van der Waals surface area contributed by atoms with E-state index in [0.29, 0.717) is 44.1 Å². The number of nitrogens with one attached hydrogen (secondary N) is 1. The van der Waals surface area contributed by atoms with Gasteiger partial charge in [0.1, 0.15) is 17.5 Å². The van der Waals surface area contributed by atoms with E-state index in [1.807, 2.05) is 5.38 Å². The quantitative estimate of drug-likeness (QED) is 0.116. The highest BCUT2D eigenvalue weighted by Gasteiger charge is 2.25. The van der Waals surface area contributed by atoms with Crippen molar-refractivity contribution in [2.75, 3.05) is 25.3 Å². The lowest BCUT2D eigenvalue weighted by molar-refractivity contribution is -0.384. The Balaban J connectivity index is 1.53. The van der Waals surface area contributed by atoms with E-state index in [4.69, 9.17) is 14.0 Å². The van der Waals surface area contributed by atoms with Crippen molar-refractivity contribution in [2.45, 2.75) is 18.7 Å². The molecule has 2 heterocycles. The van der Waals surface area contributed by atoms with Crippen LogP contribution in [0, 0.1) is 17.0 Å². The van der Waals surface area contributed by atoms with Gasteiger partial charge in [-0.25, -0.2) is 9.78 Å². The average molecular weight is 637 g/mol. The summed E-state index contributed by atoms with van der Waals surface area (Å²) >= 11 is 6.15. The Kier molecular flexibility index (Phi) is 9.04. The molecule has 0 saturated carbocycles. The molecule has 4 rings (SSSR count). The third-order valence-electron chi connectivity index (χ3n) is 5.47. The Hall–Kier alpha value is -3.69. The van der Waals surface area contributed by atoms with Crippen LogP contribution in [0.2, 0.25) is 0 Å². The van der Waals surface area contributed by atoms with Gasteiger partial charge < -0.3 is 24.4 Å². The zero-order valence-electron chi connectivity index (χ0n) is 20.8. The number of nitrogens with zero attached hydrogens (tertiary/aromatic N) is 4. The molecule has 15 heteroatoms. The zero-order chi connectivity index (χ0) is 28.1. The van der Waals surface area contributed by atoms with Gasteiger partial charge in [-0.1, -0.05) is 5.16 Å². The second kappa shape index (κ2) is 12.4. The van der Waals surface area contributed by atoms with E-state index in [2.05, 4.69) is 36.4 Å². The number of hydrogen-bond acceptors (Lipinski definition) is 13. The van der Waals surface area contributed by atoms with Gasteiger partial charge in [0.25, 0.3) is 5.69 Å². The second-order valence-corrected chi connectivity index (χ2v) is 10.7. The Labute approximate surface area is 239 Å². The van der Waals surface area contributed by atoms with Crippen LogP contribution in [-0.2, 0) is 10.5 Å². The molecule has 39 heavy (non-hydrogen) atoms. The number of phenols is 1. The number of thioether (sulfide) groups is 1. The van der Waals surface area contributed by atoms with Crippen LogP contribution in [0.25, 0.3) is 11.3 Å². The van der Waals surface area contributed by atoms with E-state index >= 15 is 0 Å². The first-order chi connectivity index (χ1) is 18.7. The molecule has 0 bridgehead atoms. The maximum absolute atomic E-state index is 12.5. The summed E-state index contributed by atoms with van der Waals surface area (Å²) in [7, 11) is 2.70. The molecule has 12 nitrogen and oxygen atoms in total. The summed E-state index contributed by atoms with van der Waals surface area (Å²) in [6.07, 6.45) is 0. The fraction of sp³-hybridized carbons (Fsp3) is 0.250. The number of anilines is 1. The highest BCUT2D eigenvalue weighted by molar-refractivity contribution is 9.10. The molecule has 0 unspecified atom stereocenters. The predicted octanol–water partition coefficient (Wildman–Crippen LogP) is 5.76. The van der Waals surface area contributed by atoms with Crippen molar-refractivity contribution in [2.24, 2.45) is 0 Å². The van der Waals surface area contributed by atoms with Gasteiger partial charge in [-0.15, -0.1) is 11.3 Å². The summed E-state index contributed by atoms with van der Waals surface area (Å²) in [5.74, 6) is 1.07. The van der Waals surface area contributed by atoms with Crippen molar-refractivity contribution >= 4 is 55.8 Å². The number of rotatable bonds is 11. The van der Waals surface area contributed by atoms with Crippen molar-refractivity contribution in [3.63, 3.8) is 0 Å². The number of carbonyl (C=O) groups is 1. The lowest BCUT2D eigenvalue weighted by atomic mass is 10.1.